The molecule has 0 bridgehead atoms. The number of rotatable bonds is 9. The Hall–Kier alpha value is -0.960. The van der Waals surface area contributed by atoms with Gasteiger partial charge in [0, 0.05) is 0 Å². The van der Waals surface area contributed by atoms with E-state index >= 15 is 0 Å². The third-order valence-electron chi connectivity index (χ3n) is 2.60. The smallest absolute Gasteiger partial charge is 0.230 e. The van der Waals surface area contributed by atoms with Crippen molar-refractivity contribution in [2.45, 2.75) is 37.9 Å². The summed E-state index contributed by atoms with van der Waals surface area (Å²) in [5, 5.41) is 2.57. The van der Waals surface area contributed by atoms with Crippen LogP contribution in [0.4, 0.5) is 0 Å². The van der Waals surface area contributed by atoms with Crippen LogP contribution < -0.4 is 22.5 Å². The first-order valence-electron chi connectivity index (χ1n) is 6.04. The second-order valence-corrected chi connectivity index (χ2v) is 4.62. The molecule has 0 saturated heterocycles. The highest BCUT2D eigenvalue weighted by atomic mass is 32.1. The lowest BCUT2D eigenvalue weighted by Gasteiger charge is -2.23. The predicted octanol–water partition coefficient (Wildman–Crippen LogP) is -2.05. The average molecular weight is 290 g/mol. The van der Waals surface area contributed by atoms with E-state index < -0.39 is 29.7 Å². The van der Waals surface area contributed by atoms with Crippen molar-refractivity contribution in [3.8, 4) is 0 Å². The Labute approximate surface area is 118 Å². The zero-order chi connectivity index (χ0) is 15.0. The van der Waals surface area contributed by atoms with Crippen molar-refractivity contribution >= 4 is 30.1 Å². The van der Waals surface area contributed by atoms with E-state index in [-0.39, 0.29) is 11.7 Å². The van der Waals surface area contributed by atoms with Gasteiger partial charge in [0.2, 0.25) is 17.5 Å². The number of nitrogens with two attached hydrogens (primary N) is 3. The van der Waals surface area contributed by atoms with E-state index in [1.54, 1.807) is 0 Å². The first kappa shape index (κ1) is 18.0. The normalized spacial score (nSPS) is 15.4. The van der Waals surface area contributed by atoms with Gasteiger partial charge >= 0.3 is 0 Å². The minimum Gasteiger partial charge on any atom is -0.351 e. The van der Waals surface area contributed by atoms with Crippen LogP contribution in [0.25, 0.3) is 0 Å². The molecule has 0 heterocycles. The molecule has 110 valence electrons. The van der Waals surface area contributed by atoms with E-state index in [0.29, 0.717) is 19.4 Å². The Morgan fingerprint density at radius 2 is 1.79 bits per heavy atom. The van der Waals surface area contributed by atoms with Crippen LogP contribution in [-0.2, 0) is 14.4 Å². The molecule has 0 aromatic rings. The Bertz CT molecular complexity index is 336. The van der Waals surface area contributed by atoms with Crippen LogP contribution in [0.1, 0.15) is 19.8 Å². The quantitative estimate of drug-likeness (QED) is 0.244. The Balaban J connectivity index is 4.77. The van der Waals surface area contributed by atoms with Gasteiger partial charge in [-0.2, -0.15) is 12.6 Å². The molecule has 0 aromatic carbocycles. The second-order valence-electron chi connectivity index (χ2n) is 4.31. The summed E-state index contributed by atoms with van der Waals surface area (Å²) in [6, 6.07) is -2.67. The standard InChI is InChI=1S/C11H22N4O3S/c1-6(13)10(17)11(18)9(14)7(3-2-4-12)15-8(16)5-19/h6-7,9,19H,2-5,12-14H2,1H3,(H,15,16)/t6-,7?,9-/m0/s1. The number of carbonyl (C=O) groups is 3. The van der Waals surface area contributed by atoms with Crippen LogP contribution in [0.15, 0.2) is 0 Å². The minimum atomic E-state index is -1.12. The zero-order valence-electron chi connectivity index (χ0n) is 11.0. The molecule has 1 amide bonds. The molecule has 0 saturated carbocycles. The minimum absolute atomic E-state index is 0.0265. The Morgan fingerprint density at radius 3 is 2.21 bits per heavy atom. The Morgan fingerprint density at radius 1 is 1.21 bits per heavy atom. The second kappa shape index (κ2) is 9.03. The molecule has 7 N–H and O–H groups in total. The van der Waals surface area contributed by atoms with Gasteiger partial charge in [0.15, 0.2) is 0 Å². The van der Waals surface area contributed by atoms with E-state index in [4.69, 9.17) is 17.2 Å². The fourth-order valence-electron chi connectivity index (χ4n) is 1.50. The molecule has 0 aromatic heterocycles. The average Bonchev–Trinajstić information content (AvgIpc) is 2.40. The third kappa shape index (κ3) is 6.15. The number of ketones is 2. The number of thiol groups is 1. The van der Waals surface area contributed by atoms with E-state index in [1.807, 2.05) is 0 Å². The first-order valence-corrected chi connectivity index (χ1v) is 6.67. The van der Waals surface area contributed by atoms with Crippen molar-refractivity contribution in [1.29, 1.82) is 0 Å². The van der Waals surface area contributed by atoms with E-state index in [2.05, 4.69) is 17.9 Å². The van der Waals surface area contributed by atoms with Gasteiger partial charge in [-0.1, -0.05) is 0 Å². The van der Waals surface area contributed by atoms with Crippen LogP contribution in [-0.4, -0.2) is 47.9 Å². The summed E-state index contributed by atoms with van der Waals surface area (Å²) in [6.45, 7) is 1.81. The molecule has 0 fully saturated rings. The summed E-state index contributed by atoms with van der Waals surface area (Å²) in [5.41, 5.74) is 16.5. The number of Topliss-reactive ketones (excluding diaryl/α,β-unsaturated/α-hetero) is 2. The van der Waals surface area contributed by atoms with Gasteiger partial charge in [0.05, 0.1) is 23.9 Å². The largest absolute Gasteiger partial charge is 0.351 e. The molecule has 0 radical (unpaired) electrons. The van der Waals surface area contributed by atoms with Gasteiger partial charge in [-0.3, -0.25) is 14.4 Å². The highest BCUT2D eigenvalue weighted by Gasteiger charge is 2.31. The van der Waals surface area contributed by atoms with Crippen LogP contribution in [0, 0.1) is 0 Å². The van der Waals surface area contributed by atoms with Crippen molar-refractivity contribution < 1.29 is 14.4 Å². The van der Waals surface area contributed by atoms with E-state index in [9.17, 15) is 14.4 Å². The van der Waals surface area contributed by atoms with Crippen LogP contribution >= 0.6 is 12.6 Å². The summed E-state index contributed by atoms with van der Waals surface area (Å²) >= 11 is 3.83. The van der Waals surface area contributed by atoms with Gasteiger partial charge in [0.25, 0.3) is 0 Å². The Kier molecular flexibility index (Phi) is 8.57. The molecule has 8 heteroatoms. The van der Waals surface area contributed by atoms with Crippen molar-refractivity contribution in [2.75, 3.05) is 12.3 Å². The SMILES string of the molecule is C[C@H](N)C(=O)C(=O)[C@@H](N)C(CCCN)NC(=O)CS. The fraction of sp³-hybridized carbons (Fsp3) is 0.727. The number of carbonyl (C=O) groups excluding carboxylic acids is 3. The zero-order valence-corrected chi connectivity index (χ0v) is 11.9. The highest BCUT2D eigenvalue weighted by molar-refractivity contribution is 7.81. The lowest BCUT2D eigenvalue weighted by atomic mass is 9.95. The summed E-state index contributed by atoms with van der Waals surface area (Å²) in [4.78, 5) is 34.6. The summed E-state index contributed by atoms with van der Waals surface area (Å²) < 4.78 is 0. The molecule has 0 aliphatic carbocycles. The van der Waals surface area contributed by atoms with E-state index in [1.165, 1.54) is 6.92 Å². The summed E-state index contributed by atoms with van der Waals surface area (Å²) in [7, 11) is 0. The third-order valence-corrected chi connectivity index (χ3v) is 2.89. The summed E-state index contributed by atoms with van der Waals surface area (Å²) in [5.74, 6) is -1.91. The molecule has 19 heavy (non-hydrogen) atoms. The van der Waals surface area contributed by atoms with Crippen molar-refractivity contribution in [3.63, 3.8) is 0 Å². The number of amides is 1. The van der Waals surface area contributed by atoms with Gasteiger partial charge in [-0.15, -0.1) is 0 Å². The number of hydrogen-bond acceptors (Lipinski definition) is 7. The molecule has 0 aliphatic rings. The van der Waals surface area contributed by atoms with Gasteiger partial charge < -0.3 is 22.5 Å². The molecule has 0 spiro atoms. The molecule has 0 aliphatic heterocycles. The van der Waals surface area contributed by atoms with Gasteiger partial charge in [-0.05, 0) is 26.3 Å². The van der Waals surface area contributed by atoms with Crippen molar-refractivity contribution in [1.82, 2.24) is 5.32 Å². The fourth-order valence-corrected chi connectivity index (χ4v) is 1.59. The first-order chi connectivity index (χ1) is 8.84. The summed E-state index contributed by atoms with van der Waals surface area (Å²) in [6.07, 6.45) is 0.986. The maximum Gasteiger partial charge on any atom is 0.230 e. The molecular weight excluding hydrogens is 268 g/mol. The molecule has 1 unspecified atom stereocenters. The topological polar surface area (TPSA) is 141 Å². The van der Waals surface area contributed by atoms with Crippen molar-refractivity contribution in [2.24, 2.45) is 17.2 Å². The predicted molar refractivity (Wildman–Crippen MR) is 75.7 cm³/mol. The maximum absolute atomic E-state index is 11.8. The molecule has 3 atom stereocenters. The van der Waals surface area contributed by atoms with Crippen molar-refractivity contribution in [3.05, 3.63) is 0 Å². The highest BCUT2D eigenvalue weighted by Crippen LogP contribution is 2.04. The van der Waals surface area contributed by atoms with Gasteiger partial charge in [-0.25, -0.2) is 0 Å². The lowest BCUT2D eigenvalue weighted by Crippen LogP contribution is -2.55. The van der Waals surface area contributed by atoms with E-state index in [0.717, 1.165) is 0 Å². The maximum atomic E-state index is 11.8. The number of hydrogen-bond donors (Lipinski definition) is 5. The van der Waals surface area contributed by atoms with Gasteiger partial charge in [0.1, 0.15) is 0 Å². The molecule has 7 nitrogen and oxygen atoms in total. The monoisotopic (exact) mass is 290 g/mol. The lowest BCUT2D eigenvalue weighted by molar-refractivity contribution is -0.138. The van der Waals surface area contributed by atoms with Crippen LogP contribution in [0.3, 0.4) is 0 Å². The molecule has 0 rings (SSSR count). The molecular formula is C11H22N4O3S. The van der Waals surface area contributed by atoms with Crippen LogP contribution in [0.2, 0.25) is 0 Å². The van der Waals surface area contributed by atoms with Crippen LogP contribution in [0.5, 0.6) is 0 Å². The number of nitrogens with one attached hydrogen (secondary N) is 1.